The Labute approximate surface area is 265 Å². The van der Waals surface area contributed by atoms with Crippen molar-refractivity contribution in [1.82, 2.24) is 5.32 Å². The van der Waals surface area contributed by atoms with Crippen molar-refractivity contribution < 1.29 is 62.1 Å². The maximum atomic E-state index is 13.6. The Balaban J connectivity index is 1.58. The lowest BCUT2D eigenvalue weighted by Crippen LogP contribution is -2.67. The second-order valence-electron chi connectivity index (χ2n) is 11.0. The number of rotatable bonds is 11. The van der Waals surface area contributed by atoms with E-state index in [9.17, 15) is 38.4 Å². The van der Waals surface area contributed by atoms with Crippen molar-refractivity contribution in [3.8, 4) is 11.5 Å². The summed E-state index contributed by atoms with van der Waals surface area (Å²) in [5.41, 5.74) is 0.246. The molecule has 2 aromatic carbocycles. The van der Waals surface area contributed by atoms with Gasteiger partial charge in [0.2, 0.25) is 15.9 Å². The summed E-state index contributed by atoms with van der Waals surface area (Å²) >= 11 is 0. The standard InChI is InChI=1S/C29H39N3O13S/c1-14-21(30-15(2)34)25(22(35)20(13-33)42-14)44-29-24(37)23(36)26(41-3)27(45-29)28(38)31-16-10-11-18(32-46(4,39)40)19(12-16)43-17-8-6-5-7-9-17/h5-12,14,20-27,29,32-33,35-37H,13H2,1-4H3,(H,30,34)(H,31,38). The van der Waals surface area contributed by atoms with E-state index in [1.165, 1.54) is 32.2 Å². The Morgan fingerprint density at radius 2 is 1.67 bits per heavy atom. The third-order valence-electron chi connectivity index (χ3n) is 7.40. The number of aliphatic hydroxyl groups excluding tert-OH is 4. The van der Waals surface area contributed by atoms with Gasteiger partial charge in [-0.05, 0) is 31.2 Å². The number of hydrogen-bond donors (Lipinski definition) is 7. The highest BCUT2D eigenvalue weighted by molar-refractivity contribution is 7.92. The van der Waals surface area contributed by atoms with Gasteiger partial charge >= 0.3 is 0 Å². The number of ether oxygens (including phenoxy) is 5. The van der Waals surface area contributed by atoms with Crippen LogP contribution in [0.25, 0.3) is 0 Å². The lowest BCUT2D eigenvalue weighted by molar-refractivity contribution is -0.325. The minimum absolute atomic E-state index is 0.0593. The zero-order chi connectivity index (χ0) is 33.8. The number of hydrogen-bond acceptors (Lipinski definition) is 13. The number of methoxy groups -OCH3 is 1. The summed E-state index contributed by atoms with van der Waals surface area (Å²) < 4.78 is 54.7. The van der Waals surface area contributed by atoms with Crippen molar-refractivity contribution in [3.05, 3.63) is 48.5 Å². The molecular weight excluding hydrogens is 630 g/mol. The third kappa shape index (κ3) is 8.49. The number of sulfonamides is 1. The lowest BCUT2D eigenvalue weighted by atomic mass is 9.92. The minimum Gasteiger partial charge on any atom is -0.455 e. The van der Waals surface area contributed by atoms with Crippen LogP contribution >= 0.6 is 0 Å². The topological polar surface area (TPSA) is 231 Å². The average Bonchev–Trinajstić information content (AvgIpc) is 2.99. The monoisotopic (exact) mass is 669 g/mol. The minimum atomic E-state index is -3.69. The smallest absolute Gasteiger partial charge is 0.256 e. The molecule has 2 saturated heterocycles. The summed E-state index contributed by atoms with van der Waals surface area (Å²) in [6.45, 7) is 2.25. The first-order valence-electron chi connectivity index (χ1n) is 14.3. The van der Waals surface area contributed by atoms with Crippen LogP contribution < -0.4 is 20.1 Å². The molecule has 254 valence electrons. The van der Waals surface area contributed by atoms with Crippen molar-refractivity contribution in [2.24, 2.45) is 0 Å². The zero-order valence-electron chi connectivity index (χ0n) is 25.5. The van der Waals surface area contributed by atoms with Gasteiger partial charge < -0.3 is 54.7 Å². The Morgan fingerprint density at radius 3 is 2.28 bits per heavy atom. The van der Waals surface area contributed by atoms with Gasteiger partial charge in [0, 0.05) is 25.8 Å². The SMILES string of the molecule is COC1C(C(=O)Nc2ccc(NS(C)(=O)=O)c(Oc3ccccc3)c2)OC(OC2C(O)C(CO)OC(C)C2NC(C)=O)C(O)C1O. The molecule has 2 fully saturated rings. The Morgan fingerprint density at radius 1 is 0.978 bits per heavy atom. The summed E-state index contributed by atoms with van der Waals surface area (Å²) in [6.07, 6.45) is -11.8. The fourth-order valence-electron chi connectivity index (χ4n) is 5.26. The van der Waals surface area contributed by atoms with Crippen molar-refractivity contribution in [3.63, 3.8) is 0 Å². The molecule has 2 aliphatic rings. The molecule has 46 heavy (non-hydrogen) atoms. The second kappa shape index (κ2) is 15.0. The van der Waals surface area contributed by atoms with E-state index in [4.69, 9.17) is 23.7 Å². The molecule has 7 N–H and O–H groups in total. The van der Waals surface area contributed by atoms with E-state index in [-0.39, 0.29) is 17.1 Å². The van der Waals surface area contributed by atoms with Gasteiger partial charge in [-0.3, -0.25) is 14.3 Å². The van der Waals surface area contributed by atoms with E-state index >= 15 is 0 Å². The molecule has 10 atom stereocenters. The van der Waals surface area contributed by atoms with Crippen molar-refractivity contribution in [2.75, 3.05) is 30.0 Å². The number of para-hydroxylation sites is 1. The fourth-order valence-corrected chi connectivity index (χ4v) is 5.83. The van der Waals surface area contributed by atoms with Gasteiger partial charge in [-0.25, -0.2) is 8.42 Å². The summed E-state index contributed by atoms with van der Waals surface area (Å²) in [4.78, 5) is 25.5. The number of aliphatic hydroxyl groups is 4. The molecule has 2 aromatic rings. The molecule has 2 amide bonds. The van der Waals surface area contributed by atoms with Crippen molar-refractivity contribution in [1.29, 1.82) is 0 Å². The van der Waals surface area contributed by atoms with Gasteiger partial charge in [0.1, 0.15) is 42.4 Å². The molecule has 10 unspecified atom stereocenters. The molecule has 0 spiro atoms. The van der Waals surface area contributed by atoms with Crippen LogP contribution in [-0.2, 0) is 38.6 Å². The molecule has 0 saturated carbocycles. The first-order chi connectivity index (χ1) is 21.7. The van der Waals surface area contributed by atoms with Gasteiger partial charge in [0.05, 0.1) is 30.7 Å². The maximum absolute atomic E-state index is 13.6. The van der Waals surface area contributed by atoms with Crippen LogP contribution in [-0.4, -0.2) is 122 Å². The van der Waals surface area contributed by atoms with Crippen LogP contribution in [0.15, 0.2) is 48.5 Å². The highest BCUT2D eigenvalue weighted by Crippen LogP contribution is 2.34. The van der Waals surface area contributed by atoms with Gasteiger partial charge in [-0.1, -0.05) is 18.2 Å². The van der Waals surface area contributed by atoms with E-state index in [2.05, 4.69) is 15.4 Å². The highest BCUT2D eigenvalue weighted by atomic mass is 32.2. The van der Waals surface area contributed by atoms with Crippen LogP contribution in [0, 0.1) is 0 Å². The predicted octanol–water partition coefficient (Wildman–Crippen LogP) is -0.719. The molecular formula is C29H39N3O13S. The Bertz CT molecular complexity index is 1460. The number of benzene rings is 2. The van der Waals surface area contributed by atoms with E-state index in [0.29, 0.717) is 5.75 Å². The molecule has 0 radical (unpaired) electrons. The summed E-state index contributed by atoms with van der Waals surface area (Å²) in [7, 11) is -2.49. The fraction of sp³-hybridized carbons (Fsp3) is 0.517. The van der Waals surface area contributed by atoms with E-state index in [1.54, 1.807) is 37.3 Å². The molecule has 17 heteroatoms. The number of anilines is 2. The number of carbonyl (C=O) groups is 2. The average molecular weight is 670 g/mol. The third-order valence-corrected chi connectivity index (χ3v) is 7.99. The van der Waals surface area contributed by atoms with Crippen LogP contribution in [0.1, 0.15) is 13.8 Å². The maximum Gasteiger partial charge on any atom is 0.256 e. The predicted molar refractivity (Wildman–Crippen MR) is 161 cm³/mol. The Hall–Kier alpha value is -3.39. The Kier molecular flexibility index (Phi) is 11.6. The summed E-state index contributed by atoms with van der Waals surface area (Å²) in [5.74, 6) is -0.864. The van der Waals surface area contributed by atoms with E-state index in [1.807, 2.05) is 0 Å². The van der Waals surface area contributed by atoms with Crippen molar-refractivity contribution in [2.45, 2.75) is 75.0 Å². The number of nitrogens with one attached hydrogen (secondary N) is 3. The first kappa shape index (κ1) is 35.5. The lowest BCUT2D eigenvalue weighted by Gasteiger charge is -2.47. The largest absolute Gasteiger partial charge is 0.455 e. The van der Waals surface area contributed by atoms with Crippen LogP contribution in [0.2, 0.25) is 0 Å². The first-order valence-corrected chi connectivity index (χ1v) is 16.2. The quantitative estimate of drug-likeness (QED) is 0.157. The second-order valence-corrected chi connectivity index (χ2v) is 12.7. The van der Waals surface area contributed by atoms with E-state index < -0.39 is 89.6 Å². The summed E-state index contributed by atoms with van der Waals surface area (Å²) in [5, 5.41) is 47.6. The molecule has 0 aromatic heterocycles. The van der Waals surface area contributed by atoms with Crippen LogP contribution in [0.5, 0.6) is 11.5 Å². The number of carbonyl (C=O) groups excluding carboxylic acids is 2. The molecule has 0 bridgehead atoms. The van der Waals surface area contributed by atoms with Crippen molar-refractivity contribution >= 4 is 33.2 Å². The van der Waals surface area contributed by atoms with Crippen LogP contribution in [0.4, 0.5) is 11.4 Å². The zero-order valence-corrected chi connectivity index (χ0v) is 26.3. The van der Waals surface area contributed by atoms with Gasteiger partial charge in [-0.2, -0.15) is 0 Å². The number of amides is 2. The normalized spacial score (nSPS) is 31.5. The van der Waals surface area contributed by atoms with Crippen LogP contribution in [0.3, 0.4) is 0 Å². The summed E-state index contributed by atoms with van der Waals surface area (Å²) in [6, 6.07) is 11.7. The van der Waals surface area contributed by atoms with Gasteiger partial charge in [-0.15, -0.1) is 0 Å². The molecule has 4 rings (SSSR count). The van der Waals surface area contributed by atoms with Gasteiger partial charge in [0.25, 0.3) is 5.91 Å². The molecule has 0 aliphatic carbocycles. The highest BCUT2D eigenvalue weighted by Gasteiger charge is 2.52. The van der Waals surface area contributed by atoms with E-state index in [0.717, 1.165) is 6.26 Å². The van der Waals surface area contributed by atoms with Gasteiger partial charge in [0.15, 0.2) is 18.1 Å². The molecule has 2 heterocycles. The molecule has 2 aliphatic heterocycles. The molecule has 16 nitrogen and oxygen atoms in total.